The lowest BCUT2D eigenvalue weighted by Gasteiger charge is -2.40. The zero-order chi connectivity index (χ0) is 19.1. The predicted octanol–water partition coefficient (Wildman–Crippen LogP) is -2.21. The number of aliphatic hydroxyl groups excluding tert-OH is 1. The molecule has 0 aromatic heterocycles. The van der Waals surface area contributed by atoms with Crippen molar-refractivity contribution in [3.8, 4) is 0 Å². The molecule has 0 aromatic rings. The molecule has 3 aliphatic rings. The Hall–Kier alpha value is -1.51. The van der Waals surface area contributed by atoms with Crippen LogP contribution in [0.1, 0.15) is 19.3 Å². The number of hydrogen-bond acceptors (Lipinski definition) is 8. The Bertz CT molecular complexity index is 688. The summed E-state index contributed by atoms with van der Waals surface area (Å²) in [5.41, 5.74) is 3.80. The van der Waals surface area contributed by atoms with Gasteiger partial charge in [0.1, 0.15) is 0 Å². The summed E-state index contributed by atoms with van der Waals surface area (Å²) in [5, 5.41) is 12.9. The van der Waals surface area contributed by atoms with Crippen LogP contribution >= 0.6 is 0 Å². The minimum absolute atomic E-state index is 0.0192. The average Bonchev–Trinajstić information content (AvgIpc) is 3.12. The van der Waals surface area contributed by atoms with Crippen molar-refractivity contribution in [2.24, 2.45) is 11.7 Å². The molecular weight excluding hydrogens is 372 g/mol. The van der Waals surface area contributed by atoms with E-state index in [2.05, 4.69) is 9.60 Å². The summed E-state index contributed by atoms with van der Waals surface area (Å²) >= 11 is 0. The fraction of sp³-hybridized carbons (Fsp3) is 0.846. The van der Waals surface area contributed by atoms with Crippen molar-refractivity contribution in [3.05, 3.63) is 0 Å². The number of urea groups is 1. The third-order valence-electron chi connectivity index (χ3n) is 5.05. The zero-order valence-electron chi connectivity index (χ0n) is 13.9. The summed E-state index contributed by atoms with van der Waals surface area (Å²) in [7, 11) is -4.88. The molecule has 26 heavy (non-hydrogen) atoms. The quantitative estimate of drug-likeness (QED) is 0.349. The SMILES string of the molecule is NC(=O)C1(OC[C@H]2C[C@@H](CO)CN2)CCC2CN1C(=O)N2OS(=O)(=O)O. The van der Waals surface area contributed by atoms with E-state index in [0.29, 0.717) is 18.0 Å². The van der Waals surface area contributed by atoms with E-state index >= 15 is 0 Å². The molecule has 2 unspecified atom stereocenters. The van der Waals surface area contributed by atoms with Gasteiger partial charge in [0.15, 0.2) is 0 Å². The predicted molar refractivity (Wildman–Crippen MR) is 84.5 cm³/mol. The first-order valence-corrected chi connectivity index (χ1v) is 9.59. The van der Waals surface area contributed by atoms with E-state index in [0.717, 1.165) is 4.90 Å². The first kappa shape index (κ1) is 19.3. The van der Waals surface area contributed by atoms with Crippen molar-refractivity contribution in [1.82, 2.24) is 15.3 Å². The number of amides is 3. The van der Waals surface area contributed by atoms with Crippen LogP contribution in [0, 0.1) is 5.92 Å². The number of primary amides is 1. The van der Waals surface area contributed by atoms with Crippen LogP contribution in [0.15, 0.2) is 0 Å². The lowest BCUT2D eigenvalue weighted by atomic mass is 9.96. The largest absolute Gasteiger partial charge is 0.418 e. The first-order chi connectivity index (χ1) is 12.2. The highest BCUT2D eigenvalue weighted by Crippen LogP contribution is 2.38. The minimum atomic E-state index is -4.88. The molecule has 0 saturated carbocycles. The normalized spacial score (nSPS) is 34.5. The Morgan fingerprint density at radius 3 is 2.77 bits per heavy atom. The van der Waals surface area contributed by atoms with Gasteiger partial charge in [0.05, 0.1) is 12.6 Å². The smallest absolute Gasteiger partial charge is 0.396 e. The van der Waals surface area contributed by atoms with E-state index in [9.17, 15) is 23.1 Å². The van der Waals surface area contributed by atoms with Gasteiger partial charge in [-0.1, -0.05) is 0 Å². The lowest BCUT2D eigenvalue weighted by Crippen LogP contribution is -2.62. The van der Waals surface area contributed by atoms with E-state index in [1.165, 1.54) is 0 Å². The fourth-order valence-electron chi connectivity index (χ4n) is 3.72. The number of ether oxygens (including phenoxy) is 1. The number of aliphatic hydroxyl groups is 1. The van der Waals surface area contributed by atoms with Gasteiger partial charge in [-0.2, -0.15) is 13.5 Å². The number of nitrogens with zero attached hydrogens (tertiary/aromatic N) is 2. The molecule has 3 fully saturated rings. The minimum Gasteiger partial charge on any atom is -0.396 e. The molecule has 148 valence electrons. The van der Waals surface area contributed by atoms with Gasteiger partial charge in [0.25, 0.3) is 5.91 Å². The van der Waals surface area contributed by atoms with Crippen LogP contribution in [0.2, 0.25) is 0 Å². The van der Waals surface area contributed by atoms with Gasteiger partial charge in [0.2, 0.25) is 5.72 Å². The maximum Gasteiger partial charge on any atom is 0.418 e. The topological polar surface area (TPSA) is 172 Å². The highest BCUT2D eigenvalue weighted by molar-refractivity contribution is 7.80. The maximum atomic E-state index is 12.5. The summed E-state index contributed by atoms with van der Waals surface area (Å²) < 4.78 is 40.8. The highest BCUT2D eigenvalue weighted by Gasteiger charge is 2.58. The van der Waals surface area contributed by atoms with Crippen molar-refractivity contribution in [3.63, 3.8) is 0 Å². The number of hydrogen-bond donors (Lipinski definition) is 4. The van der Waals surface area contributed by atoms with Crippen LogP contribution in [-0.2, 0) is 24.2 Å². The molecule has 3 aliphatic heterocycles. The Morgan fingerprint density at radius 1 is 1.46 bits per heavy atom. The number of carbonyl (C=O) groups excluding carboxylic acids is 2. The number of fused-ring (bicyclic) bond motifs is 2. The molecule has 12 nitrogen and oxygen atoms in total. The molecule has 2 bridgehead atoms. The number of nitrogens with one attached hydrogen (secondary N) is 1. The number of rotatable bonds is 7. The molecule has 4 atom stereocenters. The van der Waals surface area contributed by atoms with E-state index in [-0.39, 0.29) is 44.6 Å². The number of hydroxylamine groups is 2. The van der Waals surface area contributed by atoms with Gasteiger partial charge in [-0.05, 0) is 18.8 Å². The number of piperidine rings is 1. The van der Waals surface area contributed by atoms with Gasteiger partial charge < -0.3 is 20.9 Å². The fourth-order valence-corrected chi connectivity index (χ4v) is 4.11. The monoisotopic (exact) mass is 394 g/mol. The van der Waals surface area contributed by atoms with Crippen LogP contribution < -0.4 is 11.1 Å². The molecule has 3 saturated heterocycles. The van der Waals surface area contributed by atoms with E-state index in [1.54, 1.807) is 0 Å². The van der Waals surface area contributed by atoms with Crippen molar-refractivity contribution in [1.29, 1.82) is 0 Å². The molecule has 13 heteroatoms. The van der Waals surface area contributed by atoms with Crippen molar-refractivity contribution >= 4 is 22.3 Å². The second kappa shape index (κ2) is 6.90. The summed E-state index contributed by atoms with van der Waals surface area (Å²) in [6.07, 6.45) is 0.929. The lowest BCUT2D eigenvalue weighted by molar-refractivity contribution is -0.175. The highest BCUT2D eigenvalue weighted by atomic mass is 32.3. The van der Waals surface area contributed by atoms with E-state index in [4.69, 9.17) is 15.0 Å². The zero-order valence-corrected chi connectivity index (χ0v) is 14.7. The average molecular weight is 394 g/mol. The molecular formula is C13H22N4O8S. The molecule has 0 aliphatic carbocycles. The van der Waals surface area contributed by atoms with Crippen LogP contribution in [-0.4, -0.2) is 84.1 Å². The Labute approximate surface area is 150 Å². The second-order valence-electron chi connectivity index (χ2n) is 6.76. The second-order valence-corrected chi connectivity index (χ2v) is 7.77. The Morgan fingerprint density at radius 2 is 2.19 bits per heavy atom. The molecule has 0 aromatic carbocycles. The standard InChI is InChI=1S/C13H22N4O8S/c14-11(19)13(24-7-9-3-8(6-18)4-15-9)2-1-10-5-16(13)12(20)17(10)25-26(21,22)23/h8-10,15,18H,1-7H2,(H2,14,19)(H,21,22,23)/t8-,9-,10?,13?/m1/s1. The summed E-state index contributed by atoms with van der Waals surface area (Å²) in [6.45, 7) is 0.731. The van der Waals surface area contributed by atoms with E-state index < -0.39 is 34.1 Å². The third kappa shape index (κ3) is 3.50. The molecule has 0 spiro atoms. The van der Waals surface area contributed by atoms with Crippen LogP contribution in [0.3, 0.4) is 0 Å². The van der Waals surface area contributed by atoms with Crippen molar-refractivity contribution < 1.29 is 36.7 Å². The van der Waals surface area contributed by atoms with Crippen molar-refractivity contribution in [2.45, 2.75) is 37.1 Å². The van der Waals surface area contributed by atoms with Gasteiger partial charge in [-0.25, -0.2) is 4.79 Å². The van der Waals surface area contributed by atoms with Crippen LogP contribution in [0.25, 0.3) is 0 Å². The number of nitrogens with two attached hydrogens (primary N) is 1. The maximum absolute atomic E-state index is 12.5. The van der Waals surface area contributed by atoms with Crippen LogP contribution in [0.5, 0.6) is 0 Å². The summed E-state index contributed by atoms with van der Waals surface area (Å²) in [6, 6.07) is -1.68. The van der Waals surface area contributed by atoms with E-state index in [1.807, 2.05) is 0 Å². The van der Waals surface area contributed by atoms with Gasteiger partial charge in [-0.3, -0.25) is 14.2 Å². The first-order valence-electron chi connectivity index (χ1n) is 8.22. The molecule has 3 rings (SSSR count). The Balaban J connectivity index is 1.74. The molecule has 5 N–H and O–H groups in total. The summed E-state index contributed by atoms with van der Waals surface area (Å²) in [4.78, 5) is 25.7. The molecule has 3 amide bonds. The molecule has 3 heterocycles. The number of carbonyl (C=O) groups is 2. The summed E-state index contributed by atoms with van der Waals surface area (Å²) in [5.74, 6) is -0.773. The third-order valence-corrected chi connectivity index (χ3v) is 5.40. The Kier molecular flexibility index (Phi) is 5.11. The van der Waals surface area contributed by atoms with Crippen LogP contribution in [0.4, 0.5) is 4.79 Å². The van der Waals surface area contributed by atoms with Crippen molar-refractivity contribution in [2.75, 3.05) is 26.3 Å². The molecule has 0 radical (unpaired) electrons. The van der Waals surface area contributed by atoms with Gasteiger partial charge in [-0.15, -0.1) is 4.28 Å². The van der Waals surface area contributed by atoms with Gasteiger partial charge in [0, 0.05) is 32.2 Å². The van der Waals surface area contributed by atoms with Gasteiger partial charge >= 0.3 is 16.4 Å².